The number of benzene rings is 3. The molecule has 0 spiro atoms. The number of ketones is 1. The standard InChI is InChI=1S/C36H41Cl2F2NO3/c1-21(2)23-13-15-24(16-14-23)31(42)22(3)17-25-11-10-12-27(32(25)44-9)33(43)41-20-28-29(37)18-26(19-30(28)38)35(7,34(4,5)6)36(8,39)40/h10-16,18-19,22H,1,17,20H2,2-9H3,(H,41,43). The maximum Gasteiger partial charge on any atom is 0.255 e. The van der Waals surface area contributed by atoms with Crippen LogP contribution >= 0.6 is 23.2 Å². The molecule has 0 saturated heterocycles. The lowest BCUT2D eigenvalue weighted by Gasteiger charge is -2.46. The summed E-state index contributed by atoms with van der Waals surface area (Å²) < 4.78 is 35.5. The molecule has 3 aromatic rings. The number of carbonyl (C=O) groups excluding carboxylic acids is 2. The number of rotatable bonds is 11. The molecule has 8 heteroatoms. The van der Waals surface area contributed by atoms with Crippen molar-refractivity contribution in [1.29, 1.82) is 0 Å². The maximum absolute atomic E-state index is 14.9. The van der Waals surface area contributed by atoms with E-state index in [9.17, 15) is 18.4 Å². The molecule has 4 nitrogen and oxygen atoms in total. The third-order valence-corrected chi connectivity index (χ3v) is 9.38. The monoisotopic (exact) mass is 643 g/mol. The average molecular weight is 645 g/mol. The summed E-state index contributed by atoms with van der Waals surface area (Å²) in [6.07, 6.45) is 0.360. The fraction of sp³-hybridized carbons (Fsp3) is 0.389. The second-order valence-corrected chi connectivity index (χ2v) is 13.5. The van der Waals surface area contributed by atoms with Gasteiger partial charge in [0.2, 0.25) is 0 Å². The van der Waals surface area contributed by atoms with Gasteiger partial charge < -0.3 is 10.1 Å². The molecule has 236 valence electrons. The molecule has 1 amide bonds. The number of halogens is 4. The molecule has 0 aliphatic carbocycles. The van der Waals surface area contributed by atoms with Crippen LogP contribution in [-0.4, -0.2) is 24.7 Å². The average Bonchev–Trinajstić information content (AvgIpc) is 2.94. The van der Waals surface area contributed by atoms with Crippen molar-refractivity contribution in [2.75, 3.05) is 7.11 Å². The molecule has 44 heavy (non-hydrogen) atoms. The molecular weight excluding hydrogens is 603 g/mol. The Balaban J connectivity index is 1.82. The minimum Gasteiger partial charge on any atom is -0.496 e. The summed E-state index contributed by atoms with van der Waals surface area (Å²) in [5.41, 5.74) is 1.83. The highest BCUT2D eigenvalue weighted by Crippen LogP contribution is 2.52. The van der Waals surface area contributed by atoms with Crippen LogP contribution in [0.5, 0.6) is 5.75 Å². The Morgan fingerprint density at radius 3 is 1.98 bits per heavy atom. The van der Waals surface area contributed by atoms with Gasteiger partial charge in [0.15, 0.2) is 5.78 Å². The summed E-state index contributed by atoms with van der Waals surface area (Å²) >= 11 is 13.1. The van der Waals surface area contributed by atoms with E-state index in [1.165, 1.54) is 26.2 Å². The Labute approximate surface area is 269 Å². The Kier molecular flexibility index (Phi) is 10.8. The summed E-state index contributed by atoms with van der Waals surface area (Å²) in [6, 6.07) is 15.5. The predicted octanol–water partition coefficient (Wildman–Crippen LogP) is 9.99. The van der Waals surface area contributed by atoms with E-state index in [0.717, 1.165) is 18.1 Å². The molecule has 0 aromatic heterocycles. The molecule has 0 radical (unpaired) electrons. The van der Waals surface area contributed by atoms with E-state index in [1.807, 2.05) is 32.0 Å². The molecular formula is C36H41Cl2F2NO3. The first-order valence-corrected chi connectivity index (χ1v) is 15.2. The number of Topliss-reactive ketones (excluding diaryl/α,β-unsaturated/α-hetero) is 1. The number of nitrogens with one attached hydrogen (secondary N) is 1. The Morgan fingerprint density at radius 1 is 0.955 bits per heavy atom. The molecule has 0 heterocycles. The fourth-order valence-electron chi connectivity index (χ4n) is 5.46. The zero-order valence-corrected chi connectivity index (χ0v) is 28.1. The summed E-state index contributed by atoms with van der Waals surface area (Å²) in [7, 11) is 1.47. The third-order valence-electron chi connectivity index (χ3n) is 8.70. The minimum absolute atomic E-state index is 0.0219. The van der Waals surface area contributed by atoms with Gasteiger partial charge in [-0.3, -0.25) is 9.59 Å². The van der Waals surface area contributed by atoms with Gasteiger partial charge in [-0.25, -0.2) is 8.78 Å². The number of para-hydroxylation sites is 1. The van der Waals surface area contributed by atoms with E-state index >= 15 is 0 Å². The van der Waals surface area contributed by atoms with Crippen LogP contribution in [0.1, 0.15) is 91.4 Å². The number of ether oxygens (including phenoxy) is 1. The first kappa shape index (κ1) is 35.3. The molecule has 2 atom stereocenters. The van der Waals surface area contributed by atoms with Gasteiger partial charge in [0.1, 0.15) is 5.75 Å². The molecule has 2 unspecified atom stereocenters. The summed E-state index contributed by atoms with van der Waals surface area (Å²) in [5.74, 6) is -3.53. The van der Waals surface area contributed by atoms with Gasteiger partial charge in [-0.15, -0.1) is 0 Å². The van der Waals surface area contributed by atoms with Gasteiger partial charge >= 0.3 is 0 Å². The van der Waals surface area contributed by atoms with Crippen molar-refractivity contribution in [2.24, 2.45) is 11.3 Å². The van der Waals surface area contributed by atoms with Crippen molar-refractivity contribution in [1.82, 2.24) is 5.32 Å². The highest BCUT2D eigenvalue weighted by molar-refractivity contribution is 6.36. The zero-order chi connectivity index (χ0) is 33.2. The van der Waals surface area contributed by atoms with Crippen LogP contribution in [0.3, 0.4) is 0 Å². The quantitative estimate of drug-likeness (QED) is 0.212. The molecule has 0 saturated carbocycles. The lowest BCUT2D eigenvalue weighted by Crippen LogP contribution is -2.50. The lowest BCUT2D eigenvalue weighted by atomic mass is 9.60. The lowest BCUT2D eigenvalue weighted by molar-refractivity contribution is -0.0998. The van der Waals surface area contributed by atoms with Crippen molar-refractivity contribution < 1.29 is 23.1 Å². The van der Waals surface area contributed by atoms with Crippen LogP contribution in [-0.2, 0) is 18.4 Å². The molecule has 3 rings (SSSR count). The SMILES string of the molecule is C=C(C)c1ccc(C(=O)C(C)Cc2cccc(C(=O)NCc3c(Cl)cc(C(C)(C(C)(C)C)C(C)(F)F)cc3Cl)c2OC)cc1. The molecule has 1 N–H and O–H groups in total. The highest BCUT2D eigenvalue weighted by atomic mass is 35.5. The summed E-state index contributed by atoms with van der Waals surface area (Å²) in [4.78, 5) is 26.5. The van der Waals surface area contributed by atoms with E-state index in [4.69, 9.17) is 27.9 Å². The van der Waals surface area contributed by atoms with E-state index in [0.29, 0.717) is 34.4 Å². The van der Waals surface area contributed by atoms with Gasteiger partial charge in [0, 0.05) is 40.6 Å². The normalized spacial score (nSPS) is 14.0. The number of methoxy groups -OCH3 is 1. The Bertz CT molecular complexity index is 1520. The first-order valence-electron chi connectivity index (χ1n) is 14.4. The van der Waals surface area contributed by atoms with Crippen LogP contribution in [0.2, 0.25) is 10.0 Å². The zero-order valence-electron chi connectivity index (χ0n) is 26.6. The van der Waals surface area contributed by atoms with Crippen LogP contribution in [0, 0.1) is 11.3 Å². The number of amides is 1. The van der Waals surface area contributed by atoms with Crippen molar-refractivity contribution in [2.45, 2.75) is 72.8 Å². The van der Waals surface area contributed by atoms with Gasteiger partial charge in [0.05, 0.1) is 18.1 Å². The number of hydrogen-bond donors (Lipinski definition) is 1. The van der Waals surface area contributed by atoms with Crippen LogP contribution in [0.4, 0.5) is 8.78 Å². The number of hydrogen-bond acceptors (Lipinski definition) is 3. The second kappa shape index (κ2) is 13.4. The van der Waals surface area contributed by atoms with Gasteiger partial charge in [-0.1, -0.05) is 99.4 Å². The van der Waals surface area contributed by atoms with Crippen molar-refractivity contribution in [3.63, 3.8) is 0 Å². The largest absolute Gasteiger partial charge is 0.496 e. The minimum atomic E-state index is -3.06. The molecule has 0 aliphatic rings. The predicted molar refractivity (Wildman–Crippen MR) is 176 cm³/mol. The van der Waals surface area contributed by atoms with E-state index in [1.54, 1.807) is 45.0 Å². The van der Waals surface area contributed by atoms with Crippen molar-refractivity contribution in [3.05, 3.63) is 105 Å². The van der Waals surface area contributed by atoms with Crippen molar-refractivity contribution in [3.8, 4) is 5.75 Å². The topological polar surface area (TPSA) is 55.4 Å². The van der Waals surface area contributed by atoms with Gasteiger partial charge in [-0.2, -0.15) is 0 Å². The molecule has 0 fully saturated rings. The summed E-state index contributed by atoms with van der Waals surface area (Å²) in [5, 5.41) is 3.18. The van der Waals surface area contributed by atoms with E-state index in [-0.39, 0.29) is 33.9 Å². The first-order chi connectivity index (χ1) is 20.3. The van der Waals surface area contributed by atoms with E-state index in [2.05, 4.69) is 11.9 Å². The summed E-state index contributed by atoms with van der Waals surface area (Å²) in [6.45, 7) is 15.3. The molecule has 3 aromatic carbocycles. The Hall–Kier alpha value is -3.22. The molecule has 0 aliphatic heterocycles. The second-order valence-electron chi connectivity index (χ2n) is 12.7. The van der Waals surface area contributed by atoms with Gasteiger partial charge in [-0.05, 0) is 60.6 Å². The maximum atomic E-state index is 14.9. The Morgan fingerprint density at radius 2 is 1.50 bits per heavy atom. The van der Waals surface area contributed by atoms with E-state index < -0.39 is 22.7 Å². The van der Waals surface area contributed by atoms with Gasteiger partial charge in [0.25, 0.3) is 11.8 Å². The number of alkyl halides is 2. The number of allylic oxidation sites excluding steroid dienone is 1. The van der Waals surface area contributed by atoms with Crippen molar-refractivity contribution >= 4 is 40.5 Å². The van der Waals surface area contributed by atoms with Crippen LogP contribution in [0.15, 0.2) is 61.2 Å². The van der Waals surface area contributed by atoms with Crippen LogP contribution in [0.25, 0.3) is 5.57 Å². The van der Waals surface area contributed by atoms with Crippen LogP contribution < -0.4 is 10.1 Å². The number of carbonyl (C=O) groups is 2. The highest BCUT2D eigenvalue weighted by Gasteiger charge is 2.55. The fourth-order valence-corrected chi connectivity index (χ4v) is 6.08. The third kappa shape index (κ3) is 7.18. The smallest absolute Gasteiger partial charge is 0.255 e. The molecule has 0 bridgehead atoms.